The standard InChI is InChI=1S/C16H27N5O/c1-14-3-2-5-21(12-14)16-11-15(18-13-19-16)17-4-6-20-7-9-22-10-8-20/h11,13-14H,2-10,12H2,1H3,(H,17,18,19). The third-order valence-corrected chi connectivity index (χ3v) is 4.47. The number of anilines is 2. The molecule has 1 aromatic heterocycles. The largest absolute Gasteiger partial charge is 0.379 e. The number of morpholine rings is 1. The van der Waals surface area contributed by atoms with Crippen LogP contribution >= 0.6 is 0 Å². The predicted octanol–water partition coefficient (Wildman–Crippen LogP) is 1.46. The number of hydrogen-bond donors (Lipinski definition) is 1. The van der Waals surface area contributed by atoms with Crippen LogP contribution in [0.2, 0.25) is 0 Å². The highest BCUT2D eigenvalue weighted by molar-refractivity contribution is 5.48. The van der Waals surface area contributed by atoms with Crippen molar-refractivity contribution < 1.29 is 4.74 Å². The minimum atomic E-state index is 0.751. The van der Waals surface area contributed by atoms with Crippen molar-refractivity contribution in [1.82, 2.24) is 14.9 Å². The van der Waals surface area contributed by atoms with Crippen LogP contribution in [0.4, 0.5) is 11.6 Å². The van der Waals surface area contributed by atoms with Gasteiger partial charge >= 0.3 is 0 Å². The van der Waals surface area contributed by atoms with Gasteiger partial charge in [0.15, 0.2) is 0 Å². The van der Waals surface area contributed by atoms with Gasteiger partial charge in [-0.2, -0.15) is 0 Å². The molecule has 1 aromatic rings. The molecule has 0 aliphatic carbocycles. The van der Waals surface area contributed by atoms with Gasteiger partial charge in [-0.25, -0.2) is 9.97 Å². The molecule has 3 rings (SSSR count). The Balaban J connectivity index is 1.50. The van der Waals surface area contributed by atoms with Gasteiger partial charge in [-0.15, -0.1) is 0 Å². The lowest BCUT2D eigenvalue weighted by Crippen LogP contribution is -2.39. The molecular formula is C16H27N5O. The average molecular weight is 305 g/mol. The van der Waals surface area contributed by atoms with Gasteiger partial charge in [-0.05, 0) is 18.8 Å². The Bertz CT molecular complexity index is 464. The summed E-state index contributed by atoms with van der Waals surface area (Å²) in [6.45, 7) is 10.2. The van der Waals surface area contributed by atoms with E-state index >= 15 is 0 Å². The molecule has 122 valence electrons. The maximum atomic E-state index is 5.37. The molecule has 0 radical (unpaired) electrons. The molecule has 0 bridgehead atoms. The number of piperidine rings is 1. The summed E-state index contributed by atoms with van der Waals surface area (Å²) in [7, 11) is 0. The van der Waals surface area contributed by atoms with Gasteiger partial charge in [0, 0.05) is 45.3 Å². The monoisotopic (exact) mass is 305 g/mol. The molecule has 22 heavy (non-hydrogen) atoms. The maximum Gasteiger partial charge on any atom is 0.134 e. The van der Waals surface area contributed by atoms with E-state index in [1.165, 1.54) is 12.8 Å². The molecule has 0 aromatic carbocycles. The lowest BCUT2D eigenvalue weighted by atomic mass is 10.0. The minimum Gasteiger partial charge on any atom is -0.379 e. The smallest absolute Gasteiger partial charge is 0.134 e. The van der Waals surface area contributed by atoms with Crippen molar-refractivity contribution in [3.05, 3.63) is 12.4 Å². The van der Waals surface area contributed by atoms with Crippen LogP contribution in [0, 0.1) is 5.92 Å². The van der Waals surface area contributed by atoms with Crippen LogP contribution in [0.3, 0.4) is 0 Å². The lowest BCUT2D eigenvalue weighted by Gasteiger charge is -2.31. The Hall–Kier alpha value is -1.40. The van der Waals surface area contributed by atoms with Gasteiger partial charge in [-0.3, -0.25) is 4.90 Å². The predicted molar refractivity (Wildman–Crippen MR) is 88.4 cm³/mol. The fourth-order valence-electron chi connectivity index (χ4n) is 3.18. The van der Waals surface area contributed by atoms with E-state index in [2.05, 4.69) is 38.1 Å². The van der Waals surface area contributed by atoms with Crippen LogP contribution in [0.25, 0.3) is 0 Å². The molecule has 2 fully saturated rings. The Kier molecular flexibility index (Phi) is 5.45. The molecule has 6 nitrogen and oxygen atoms in total. The van der Waals surface area contributed by atoms with Crippen molar-refractivity contribution in [2.75, 3.05) is 62.7 Å². The second-order valence-corrected chi connectivity index (χ2v) is 6.34. The fourth-order valence-corrected chi connectivity index (χ4v) is 3.18. The number of nitrogens with zero attached hydrogens (tertiary/aromatic N) is 4. The summed E-state index contributed by atoms with van der Waals surface area (Å²) in [5, 5.41) is 3.42. The van der Waals surface area contributed by atoms with E-state index < -0.39 is 0 Å². The zero-order chi connectivity index (χ0) is 15.2. The molecule has 1 atom stereocenters. The van der Waals surface area contributed by atoms with Gasteiger partial charge in [0.25, 0.3) is 0 Å². The van der Waals surface area contributed by atoms with Crippen LogP contribution in [0.1, 0.15) is 19.8 Å². The molecular weight excluding hydrogens is 278 g/mol. The van der Waals surface area contributed by atoms with Crippen LogP contribution < -0.4 is 10.2 Å². The van der Waals surface area contributed by atoms with Crippen molar-refractivity contribution in [2.45, 2.75) is 19.8 Å². The average Bonchev–Trinajstić information content (AvgIpc) is 2.56. The summed E-state index contributed by atoms with van der Waals surface area (Å²) in [6, 6.07) is 2.08. The van der Waals surface area contributed by atoms with Gasteiger partial charge in [-0.1, -0.05) is 6.92 Å². The van der Waals surface area contributed by atoms with E-state index in [1.54, 1.807) is 6.33 Å². The van der Waals surface area contributed by atoms with Crippen LogP contribution in [0.5, 0.6) is 0 Å². The van der Waals surface area contributed by atoms with E-state index in [9.17, 15) is 0 Å². The maximum absolute atomic E-state index is 5.37. The Morgan fingerprint density at radius 2 is 2.14 bits per heavy atom. The SMILES string of the molecule is CC1CCCN(c2cc(NCCN3CCOCC3)ncn2)C1. The molecule has 0 saturated carbocycles. The zero-order valence-electron chi connectivity index (χ0n) is 13.5. The Morgan fingerprint density at radius 3 is 2.95 bits per heavy atom. The van der Waals surface area contributed by atoms with Crippen molar-refractivity contribution in [1.29, 1.82) is 0 Å². The summed E-state index contributed by atoms with van der Waals surface area (Å²) in [4.78, 5) is 13.6. The first-order valence-corrected chi connectivity index (χ1v) is 8.42. The van der Waals surface area contributed by atoms with E-state index in [4.69, 9.17) is 4.74 Å². The second-order valence-electron chi connectivity index (χ2n) is 6.34. The normalized spacial score (nSPS) is 23.5. The number of aromatic nitrogens is 2. The zero-order valence-corrected chi connectivity index (χ0v) is 13.5. The van der Waals surface area contributed by atoms with Gasteiger partial charge < -0.3 is 15.0 Å². The van der Waals surface area contributed by atoms with E-state index in [-0.39, 0.29) is 0 Å². The molecule has 6 heteroatoms. The van der Waals surface area contributed by atoms with Gasteiger partial charge in [0.1, 0.15) is 18.0 Å². The molecule has 3 heterocycles. The third kappa shape index (κ3) is 4.30. The summed E-state index contributed by atoms with van der Waals surface area (Å²) in [5.41, 5.74) is 0. The van der Waals surface area contributed by atoms with Crippen molar-refractivity contribution in [3.63, 3.8) is 0 Å². The third-order valence-electron chi connectivity index (χ3n) is 4.47. The molecule has 2 saturated heterocycles. The van der Waals surface area contributed by atoms with Crippen LogP contribution in [-0.2, 0) is 4.74 Å². The highest BCUT2D eigenvalue weighted by Crippen LogP contribution is 2.22. The lowest BCUT2D eigenvalue weighted by molar-refractivity contribution is 0.0398. The summed E-state index contributed by atoms with van der Waals surface area (Å²) < 4.78 is 5.37. The molecule has 0 amide bonds. The van der Waals surface area contributed by atoms with Crippen molar-refractivity contribution in [3.8, 4) is 0 Å². The minimum absolute atomic E-state index is 0.751. The van der Waals surface area contributed by atoms with Crippen LogP contribution in [0.15, 0.2) is 12.4 Å². The summed E-state index contributed by atoms with van der Waals surface area (Å²) in [5.74, 6) is 2.73. The fraction of sp³-hybridized carbons (Fsp3) is 0.750. The highest BCUT2D eigenvalue weighted by atomic mass is 16.5. The first-order chi connectivity index (χ1) is 10.8. The van der Waals surface area contributed by atoms with Gasteiger partial charge in [0.05, 0.1) is 13.2 Å². The first-order valence-electron chi connectivity index (χ1n) is 8.42. The van der Waals surface area contributed by atoms with Crippen molar-refractivity contribution >= 4 is 11.6 Å². The Labute approximate surface area is 132 Å². The van der Waals surface area contributed by atoms with Gasteiger partial charge in [0.2, 0.25) is 0 Å². The number of rotatable bonds is 5. The van der Waals surface area contributed by atoms with E-state index in [0.717, 1.165) is 70.0 Å². The number of hydrogen-bond acceptors (Lipinski definition) is 6. The first kappa shape index (κ1) is 15.5. The molecule has 2 aliphatic heterocycles. The summed E-state index contributed by atoms with van der Waals surface area (Å²) in [6.07, 6.45) is 4.25. The molecule has 1 unspecified atom stereocenters. The summed E-state index contributed by atoms with van der Waals surface area (Å²) >= 11 is 0. The molecule has 1 N–H and O–H groups in total. The number of nitrogens with one attached hydrogen (secondary N) is 1. The second kappa shape index (κ2) is 7.74. The van der Waals surface area contributed by atoms with E-state index in [0.29, 0.717) is 0 Å². The highest BCUT2D eigenvalue weighted by Gasteiger charge is 2.18. The number of ether oxygens (including phenoxy) is 1. The topological polar surface area (TPSA) is 53.5 Å². The van der Waals surface area contributed by atoms with E-state index in [1.807, 2.05) is 0 Å². The quantitative estimate of drug-likeness (QED) is 0.889. The van der Waals surface area contributed by atoms with Crippen molar-refractivity contribution in [2.24, 2.45) is 5.92 Å². The Morgan fingerprint density at radius 1 is 1.27 bits per heavy atom. The molecule has 0 spiro atoms. The van der Waals surface area contributed by atoms with Crippen LogP contribution in [-0.4, -0.2) is 67.4 Å². The molecule has 2 aliphatic rings.